The van der Waals surface area contributed by atoms with Gasteiger partial charge in [0.2, 0.25) is 0 Å². The lowest BCUT2D eigenvalue weighted by Gasteiger charge is -2.18. The molecule has 1 aromatic carbocycles. The second kappa shape index (κ2) is 4.44. The number of carbonyl (C=O) groups is 1. The molecule has 1 aromatic rings. The Morgan fingerprint density at radius 3 is 2.18 bits per heavy atom. The molecule has 17 heavy (non-hydrogen) atoms. The number of sulfone groups is 1. The first-order valence-corrected chi connectivity index (χ1v) is 6.52. The molecule has 0 atom stereocenters. The summed E-state index contributed by atoms with van der Waals surface area (Å²) in [5, 5.41) is 8.87. The van der Waals surface area contributed by atoms with Gasteiger partial charge >= 0.3 is 5.97 Å². The minimum Gasteiger partial charge on any atom is -0.481 e. The van der Waals surface area contributed by atoms with Crippen molar-refractivity contribution in [3.8, 4) is 0 Å². The van der Waals surface area contributed by atoms with Crippen LogP contribution in [0.15, 0.2) is 29.2 Å². The minimum absolute atomic E-state index is 0.0757. The van der Waals surface area contributed by atoms with Crippen molar-refractivity contribution in [2.75, 3.05) is 5.75 Å². The monoisotopic (exact) mass is 260 g/mol. The average molecular weight is 260 g/mol. The van der Waals surface area contributed by atoms with Gasteiger partial charge in [-0.25, -0.2) is 12.8 Å². The van der Waals surface area contributed by atoms with Crippen molar-refractivity contribution < 1.29 is 22.7 Å². The van der Waals surface area contributed by atoms with Gasteiger partial charge in [-0.15, -0.1) is 0 Å². The molecule has 0 aliphatic heterocycles. The Morgan fingerprint density at radius 1 is 1.29 bits per heavy atom. The fraction of sp³-hybridized carbons (Fsp3) is 0.364. The molecule has 0 unspecified atom stereocenters. The zero-order valence-corrected chi connectivity index (χ0v) is 10.3. The summed E-state index contributed by atoms with van der Waals surface area (Å²) in [6, 6.07) is 4.31. The first-order valence-electron chi connectivity index (χ1n) is 4.87. The van der Waals surface area contributed by atoms with Gasteiger partial charge < -0.3 is 5.11 Å². The van der Waals surface area contributed by atoms with Crippen molar-refractivity contribution in [2.24, 2.45) is 5.41 Å². The molecule has 0 amide bonds. The summed E-state index contributed by atoms with van der Waals surface area (Å²) in [5.74, 6) is -2.26. The lowest BCUT2D eigenvalue weighted by Crippen LogP contribution is -2.32. The summed E-state index contributed by atoms with van der Waals surface area (Å²) < 4.78 is 36.4. The highest BCUT2D eigenvalue weighted by atomic mass is 32.2. The van der Waals surface area contributed by atoms with E-state index >= 15 is 0 Å². The van der Waals surface area contributed by atoms with E-state index in [0.717, 1.165) is 24.3 Å². The first kappa shape index (κ1) is 13.6. The van der Waals surface area contributed by atoms with Crippen LogP contribution in [0.5, 0.6) is 0 Å². The third kappa shape index (κ3) is 3.26. The van der Waals surface area contributed by atoms with Gasteiger partial charge in [0.05, 0.1) is 16.1 Å². The van der Waals surface area contributed by atoms with Crippen LogP contribution >= 0.6 is 0 Å². The predicted octanol–water partition coefficient (Wildman–Crippen LogP) is 1.71. The maximum absolute atomic E-state index is 12.7. The summed E-state index contributed by atoms with van der Waals surface area (Å²) in [6.45, 7) is 2.66. The largest absolute Gasteiger partial charge is 0.481 e. The number of halogens is 1. The van der Waals surface area contributed by atoms with Crippen molar-refractivity contribution in [2.45, 2.75) is 18.7 Å². The molecule has 0 saturated carbocycles. The SMILES string of the molecule is CC(C)(CS(=O)(=O)c1ccc(F)cc1)C(=O)O. The fourth-order valence-corrected chi connectivity index (χ4v) is 3.05. The lowest BCUT2D eigenvalue weighted by molar-refractivity contribution is -0.145. The number of benzene rings is 1. The Labute approximate surface area is 99.0 Å². The highest BCUT2D eigenvalue weighted by Gasteiger charge is 2.34. The second-order valence-electron chi connectivity index (χ2n) is 4.40. The molecule has 0 saturated heterocycles. The van der Waals surface area contributed by atoms with Crippen LogP contribution in [0.2, 0.25) is 0 Å². The van der Waals surface area contributed by atoms with Gasteiger partial charge in [-0.3, -0.25) is 4.79 Å². The minimum atomic E-state index is -3.73. The van der Waals surface area contributed by atoms with Crippen LogP contribution < -0.4 is 0 Å². The Bertz CT molecular complexity index is 517. The number of rotatable bonds is 4. The van der Waals surface area contributed by atoms with Crippen LogP contribution in [-0.4, -0.2) is 25.2 Å². The topological polar surface area (TPSA) is 71.4 Å². The van der Waals surface area contributed by atoms with E-state index in [1.54, 1.807) is 0 Å². The highest BCUT2D eigenvalue weighted by molar-refractivity contribution is 7.91. The average Bonchev–Trinajstić information content (AvgIpc) is 2.16. The molecule has 6 heteroatoms. The molecule has 0 aliphatic rings. The van der Waals surface area contributed by atoms with Crippen LogP contribution in [0.3, 0.4) is 0 Å². The van der Waals surface area contributed by atoms with Crippen molar-refractivity contribution in [1.29, 1.82) is 0 Å². The van der Waals surface area contributed by atoms with Crippen molar-refractivity contribution in [1.82, 2.24) is 0 Å². The number of carboxylic acid groups (broad SMARTS) is 1. The Morgan fingerprint density at radius 2 is 1.76 bits per heavy atom. The van der Waals surface area contributed by atoms with Crippen molar-refractivity contribution in [3.63, 3.8) is 0 Å². The molecular formula is C11H13FO4S. The van der Waals surface area contributed by atoms with Gasteiger partial charge in [-0.05, 0) is 38.1 Å². The zero-order chi connectivity index (χ0) is 13.3. The maximum Gasteiger partial charge on any atom is 0.310 e. The number of aliphatic carboxylic acids is 1. The molecule has 94 valence electrons. The van der Waals surface area contributed by atoms with Gasteiger partial charge in [0.15, 0.2) is 9.84 Å². The Kier molecular flexibility index (Phi) is 3.56. The van der Waals surface area contributed by atoms with Gasteiger partial charge in [-0.2, -0.15) is 0 Å². The zero-order valence-electron chi connectivity index (χ0n) is 9.47. The van der Waals surface area contributed by atoms with Gasteiger partial charge in [-0.1, -0.05) is 0 Å². The molecule has 0 heterocycles. The molecule has 1 rings (SSSR count). The summed E-state index contributed by atoms with van der Waals surface area (Å²) >= 11 is 0. The standard InChI is InChI=1S/C11H13FO4S/c1-11(2,10(13)14)7-17(15,16)9-5-3-8(12)4-6-9/h3-6H,7H2,1-2H3,(H,13,14). The summed E-state index contributed by atoms with van der Waals surface area (Å²) in [4.78, 5) is 10.8. The van der Waals surface area contributed by atoms with Crippen LogP contribution in [0.25, 0.3) is 0 Å². The summed E-state index contributed by atoms with van der Waals surface area (Å²) in [6.07, 6.45) is 0. The van der Waals surface area contributed by atoms with Crippen LogP contribution in [0, 0.1) is 11.2 Å². The van der Waals surface area contributed by atoms with E-state index in [0.29, 0.717) is 0 Å². The van der Waals surface area contributed by atoms with E-state index in [-0.39, 0.29) is 4.90 Å². The lowest BCUT2D eigenvalue weighted by atomic mass is 9.97. The molecule has 0 aromatic heterocycles. The van der Waals surface area contributed by atoms with Gasteiger partial charge in [0.25, 0.3) is 0 Å². The van der Waals surface area contributed by atoms with E-state index in [9.17, 15) is 17.6 Å². The summed E-state index contributed by atoms with van der Waals surface area (Å²) in [7, 11) is -3.73. The van der Waals surface area contributed by atoms with Crippen molar-refractivity contribution in [3.05, 3.63) is 30.1 Å². The third-order valence-corrected chi connectivity index (χ3v) is 4.39. The first-order chi connectivity index (χ1) is 7.65. The molecule has 0 spiro atoms. The Balaban J connectivity index is 3.05. The predicted molar refractivity (Wildman–Crippen MR) is 59.9 cm³/mol. The normalized spacial score (nSPS) is 12.4. The van der Waals surface area contributed by atoms with Crippen LogP contribution in [-0.2, 0) is 14.6 Å². The van der Waals surface area contributed by atoms with E-state index in [4.69, 9.17) is 5.11 Å². The highest BCUT2D eigenvalue weighted by Crippen LogP contribution is 2.23. The Hall–Kier alpha value is -1.43. The molecule has 4 nitrogen and oxygen atoms in total. The summed E-state index contributed by atoms with van der Waals surface area (Å²) in [5.41, 5.74) is -1.38. The quantitative estimate of drug-likeness (QED) is 0.836. The van der Waals surface area contributed by atoms with E-state index in [1.165, 1.54) is 13.8 Å². The molecule has 0 fully saturated rings. The van der Waals surface area contributed by atoms with Crippen LogP contribution in [0.1, 0.15) is 13.8 Å². The third-order valence-electron chi connectivity index (χ3n) is 2.30. The molecule has 0 bridgehead atoms. The molecule has 0 radical (unpaired) electrons. The van der Waals surface area contributed by atoms with Crippen molar-refractivity contribution >= 4 is 15.8 Å². The molecular weight excluding hydrogens is 247 g/mol. The van der Waals surface area contributed by atoms with E-state index < -0.39 is 32.8 Å². The molecule has 0 aliphatic carbocycles. The second-order valence-corrected chi connectivity index (χ2v) is 6.39. The number of carboxylic acids is 1. The van der Waals surface area contributed by atoms with E-state index in [1.807, 2.05) is 0 Å². The van der Waals surface area contributed by atoms with Gasteiger partial charge in [0, 0.05) is 0 Å². The maximum atomic E-state index is 12.7. The number of hydrogen-bond acceptors (Lipinski definition) is 3. The fourth-order valence-electron chi connectivity index (χ4n) is 1.26. The number of hydrogen-bond donors (Lipinski definition) is 1. The van der Waals surface area contributed by atoms with Gasteiger partial charge in [0.1, 0.15) is 5.82 Å². The van der Waals surface area contributed by atoms with E-state index in [2.05, 4.69) is 0 Å². The smallest absolute Gasteiger partial charge is 0.310 e. The molecule has 1 N–H and O–H groups in total. The van der Waals surface area contributed by atoms with Crippen LogP contribution in [0.4, 0.5) is 4.39 Å².